The van der Waals surface area contributed by atoms with E-state index in [2.05, 4.69) is 44.7 Å². The van der Waals surface area contributed by atoms with Crippen molar-refractivity contribution >= 4 is 5.69 Å². The van der Waals surface area contributed by atoms with Gasteiger partial charge >= 0.3 is 0 Å². The fraction of sp³-hybridized carbons (Fsp3) is 0.647. The van der Waals surface area contributed by atoms with Crippen molar-refractivity contribution in [2.24, 2.45) is 5.92 Å². The molecule has 1 aromatic carbocycles. The van der Waals surface area contributed by atoms with Crippen molar-refractivity contribution < 1.29 is 4.74 Å². The minimum absolute atomic E-state index is 0.505. The molecule has 0 aliphatic heterocycles. The predicted molar refractivity (Wildman–Crippen MR) is 86.7 cm³/mol. The number of ether oxygens (including phenoxy) is 1. The average Bonchev–Trinajstić information content (AvgIpc) is 2.36. The average molecular weight is 278 g/mol. The number of hydrogen-bond acceptors (Lipinski definition) is 3. The van der Waals surface area contributed by atoms with E-state index in [0.717, 1.165) is 38.4 Å². The second-order valence-corrected chi connectivity index (χ2v) is 6.10. The second-order valence-electron chi connectivity index (χ2n) is 6.10. The maximum Gasteiger partial charge on any atom is 0.0593 e. The highest BCUT2D eigenvalue weighted by molar-refractivity contribution is 5.40. The van der Waals surface area contributed by atoms with E-state index in [4.69, 9.17) is 10.5 Å². The van der Waals surface area contributed by atoms with Gasteiger partial charge < -0.3 is 10.5 Å². The maximum atomic E-state index is 5.84. The molecule has 0 spiro atoms. The Balaban J connectivity index is 2.37. The highest BCUT2D eigenvalue weighted by Gasteiger charge is 2.10. The third-order valence-corrected chi connectivity index (χ3v) is 3.43. The molecule has 20 heavy (non-hydrogen) atoms. The highest BCUT2D eigenvalue weighted by Crippen LogP contribution is 2.11. The quantitative estimate of drug-likeness (QED) is 0.554. The van der Waals surface area contributed by atoms with Crippen LogP contribution in [0.1, 0.15) is 39.7 Å². The van der Waals surface area contributed by atoms with Gasteiger partial charge in [0.1, 0.15) is 0 Å². The van der Waals surface area contributed by atoms with Crippen LogP contribution in [0.3, 0.4) is 0 Å². The van der Waals surface area contributed by atoms with Crippen LogP contribution in [0.25, 0.3) is 0 Å². The van der Waals surface area contributed by atoms with Gasteiger partial charge in [0.25, 0.3) is 0 Å². The topological polar surface area (TPSA) is 38.5 Å². The standard InChI is InChI=1S/C17H30N2O/c1-14(2)8-10-20-11-9-19(15(3)4)13-16-6-5-7-17(18)12-16/h5-7,12,14-15H,8-11,13,18H2,1-4H3. The molecule has 0 unspecified atom stereocenters. The zero-order chi connectivity index (χ0) is 15.0. The molecule has 3 nitrogen and oxygen atoms in total. The van der Waals surface area contributed by atoms with Gasteiger partial charge in [-0.1, -0.05) is 26.0 Å². The van der Waals surface area contributed by atoms with E-state index >= 15 is 0 Å². The third-order valence-electron chi connectivity index (χ3n) is 3.43. The van der Waals surface area contributed by atoms with E-state index in [1.165, 1.54) is 5.56 Å². The first kappa shape index (κ1) is 17.0. The van der Waals surface area contributed by atoms with E-state index in [9.17, 15) is 0 Å². The summed E-state index contributed by atoms with van der Waals surface area (Å²) < 4.78 is 5.72. The van der Waals surface area contributed by atoms with Crippen LogP contribution in [0, 0.1) is 5.92 Å². The Morgan fingerprint density at radius 1 is 1.15 bits per heavy atom. The number of rotatable bonds is 9. The molecule has 0 saturated carbocycles. The molecule has 0 amide bonds. The lowest BCUT2D eigenvalue weighted by Gasteiger charge is -2.26. The summed E-state index contributed by atoms with van der Waals surface area (Å²) in [6.45, 7) is 12.4. The lowest BCUT2D eigenvalue weighted by atomic mass is 10.1. The molecule has 1 aromatic rings. The summed E-state index contributed by atoms with van der Waals surface area (Å²) in [5.41, 5.74) is 7.93. The van der Waals surface area contributed by atoms with Crippen molar-refractivity contribution in [2.75, 3.05) is 25.5 Å². The Hall–Kier alpha value is -1.06. The van der Waals surface area contributed by atoms with Crippen LogP contribution in [0.5, 0.6) is 0 Å². The lowest BCUT2D eigenvalue weighted by molar-refractivity contribution is 0.0832. The number of hydrogen-bond donors (Lipinski definition) is 1. The van der Waals surface area contributed by atoms with Crippen LogP contribution in [0.4, 0.5) is 5.69 Å². The van der Waals surface area contributed by atoms with Crippen LogP contribution in [0.2, 0.25) is 0 Å². The minimum atomic E-state index is 0.505. The molecule has 0 atom stereocenters. The van der Waals surface area contributed by atoms with Crippen LogP contribution in [0.15, 0.2) is 24.3 Å². The molecular weight excluding hydrogens is 248 g/mol. The summed E-state index contributed by atoms with van der Waals surface area (Å²) >= 11 is 0. The minimum Gasteiger partial charge on any atom is -0.399 e. The summed E-state index contributed by atoms with van der Waals surface area (Å²) in [5, 5.41) is 0. The van der Waals surface area contributed by atoms with Gasteiger partial charge in [-0.3, -0.25) is 4.90 Å². The largest absolute Gasteiger partial charge is 0.399 e. The van der Waals surface area contributed by atoms with Crippen LogP contribution < -0.4 is 5.73 Å². The first-order valence-electron chi connectivity index (χ1n) is 7.65. The van der Waals surface area contributed by atoms with E-state index < -0.39 is 0 Å². The molecule has 114 valence electrons. The van der Waals surface area contributed by atoms with Crippen LogP contribution >= 0.6 is 0 Å². The zero-order valence-corrected chi connectivity index (χ0v) is 13.4. The number of benzene rings is 1. The van der Waals surface area contributed by atoms with Gasteiger partial charge in [0.05, 0.1) is 6.61 Å². The highest BCUT2D eigenvalue weighted by atomic mass is 16.5. The smallest absolute Gasteiger partial charge is 0.0593 e. The SMILES string of the molecule is CC(C)CCOCCN(Cc1cccc(N)c1)C(C)C. The molecule has 0 bridgehead atoms. The van der Waals surface area contributed by atoms with Crippen molar-refractivity contribution in [3.05, 3.63) is 29.8 Å². The fourth-order valence-corrected chi connectivity index (χ4v) is 2.05. The molecule has 2 N–H and O–H groups in total. The van der Waals surface area contributed by atoms with Gasteiger partial charge in [0.15, 0.2) is 0 Å². The monoisotopic (exact) mass is 278 g/mol. The second kappa shape index (κ2) is 8.98. The van der Waals surface area contributed by atoms with Crippen molar-refractivity contribution in [1.29, 1.82) is 0 Å². The van der Waals surface area contributed by atoms with Gasteiger partial charge in [0.2, 0.25) is 0 Å². The van der Waals surface area contributed by atoms with Gasteiger partial charge in [-0.05, 0) is 43.9 Å². The molecule has 0 radical (unpaired) electrons. The normalized spacial score (nSPS) is 11.8. The van der Waals surface area contributed by atoms with Crippen molar-refractivity contribution in [3.63, 3.8) is 0 Å². The van der Waals surface area contributed by atoms with E-state index in [1.807, 2.05) is 12.1 Å². The molecule has 0 heterocycles. The first-order valence-corrected chi connectivity index (χ1v) is 7.65. The van der Waals surface area contributed by atoms with E-state index in [0.29, 0.717) is 12.0 Å². The molecule has 0 aromatic heterocycles. The molecule has 0 saturated heterocycles. The van der Waals surface area contributed by atoms with E-state index in [-0.39, 0.29) is 0 Å². The van der Waals surface area contributed by atoms with Crippen molar-refractivity contribution in [2.45, 2.75) is 46.7 Å². The molecule has 0 aliphatic carbocycles. The first-order chi connectivity index (χ1) is 9.49. The zero-order valence-electron chi connectivity index (χ0n) is 13.4. The van der Waals surface area contributed by atoms with Crippen molar-refractivity contribution in [1.82, 2.24) is 4.90 Å². The molecule has 1 rings (SSSR count). The Morgan fingerprint density at radius 2 is 1.90 bits per heavy atom. The van der Waals surface area contributed by atoms with Gasteiger partial charge in [-0.25, -0.2) is 0 Å². The molecule has 3 heteroatoms. The fourth-order valence-electron chi connectivity index (χ4n) is 2.05. The lowest BCUT2D eigenvalue weighted by Crippen LogP contribution is -2.33. The number of anilines is 1. The summed E-state index contributed by atoms with van der Waals surface area (Å²) in [4.78, 5) is 2.42. The van der Waals surface area contributed by atoms with Crippen LogP contribution in [-0.2, 0) is 11.3 Å². The molecular formula is C17H30N2O. The number of nitrogens with zero attached hydrogens (tertiary/aromatic N) is 1. The predicted octanol–water partition coefficient (Wildman–Crippen LogP) is 3.54. The maximum absolute atomic E-state index is 5.84. The summed E-state index contributed by atoms with van der Waals surface area (Å²) in [6, 6.07) is 8.63. The molecule has 0 aliphatic rings. The van der Waals surface area contributed by atoms with Gasteiger partial charge in [0, 0.05) is 31.4 Å². The Bertz CT molecular complexity index is 377. The van der Waals surface area contributed by atoms with E-state index in [1.54, 1.807) is 0 Å². The third kappa shape index (κ3) is 6.92. The molecule has 0 fully saturated rings. The van der Waals surface area contributed by atoms with Crippen LogP contribution in [-0.4, -0.2) is 30.7 Å². The summed E-state index contributed by atoms with van der Waals surface area (Å²) in [7, 11) is 0. The number of nitrogens with two attached hydrogens (primary N) is 1. The summed E-state index contributed by atoms with van der Waals surface area (Å²) in [6.07, 6.45) is 1.14. The van der Waals surface area contributed by atoms with Crippen molar-refractivity contribution in [3.8, 4) is 0 Å². The van der Waals surface area contributed by atoms with Gasteiger partial charge in [-0.15, -0.1) is 0 Å². The number of nitrogen functional groups attached to an aromatic ring is 1. The Kier molecular flexibility index (Phi) is 7.63. The Labute approximate surface area is 124 Å². The van der Waals surface area contributed by atoms with Gasteiger partial charge in [-0.2, -0.15) is 0 Å². The summed E-state index contributed by atoms with van der Waals surface area (Å²) in [5.74, 6) is 0.712. The Morgan fingerprint density at radius 3 is 2.50 bits per heavy atom.